The molecule has 0 aliphatic rings. The molecule has 0 aliphatic heterocycles. The van der Waals surface area contributed by atoms with Crippen molar-refractivity contribution in [1.29, 1.82) is 0 Å². The number of fused-ring (bicyclic) bond motifs is 1. The van der Waals surface area contributed by atoms with Crippen LogP contribution in [0.1, 0.15) is 52.4 Å². The van der Waals surface area contributed by atoms with Gasteiger partial charge in [0.05, 0.1) is 12.2 Å². The maximum absolute atomic E-state index is 4.32. The lowest BCUT2D eigenvalue weighted by Gasteiger charge is -2.22. The molecule has 0 unspecified atom stereocenters. The van der Waals surface area contributed by atoms with Crippen LogP contribution in [-0.2, 0) is 6.67 Å². The number of nitrogens with zero attached hydrogens (tertiary/aromatic N) is 4. The summed E-state index contributed by atoms with van der Waals surface area (Å²) in [5.74, 6) is 0. The Hall–Kier alpha value is -1.42. The van der Waals surface area contributed by atoms with Gasteiger partial charge in [-0.05, 0) is 38.1 Å². The normalized spacial score (nSPS) is 11.6. The molecular formula is C17H28N4. The smallest absolute Gasteiger partial charge is 0.113 e. The zero-order valence-corrected chi connectivity index (χ0v) is 13.5. The fourth-order valence-electron chi connectivity index (χ4n) is 2.64. The van der Waals surface area contributed by atoms with Crippen molar-refractivity contribution in [2.75, 3.05) is 13.1 Å². The summed E-state index contributed by atoms with van der Waals surface area (Å²) in [6, 6.07) is 8.20. The lowest BCUT2D eigenvalue weighted by atomic mass is 10.2. The zero-order valence-electron chi connectivity index (χ0n) is 13.5. The van der Waals surface area contributed by atoms with Crippen molar-refractivity contribution in [3.05, 3.63) is 24.3 Å². The fourth-order valence-corrected chi connectivity index (χ4v) is 2.64. The highest BCUT2D eigenvalue weighted by atomic mass is 15.5. The van der Waals surface area contributed by atoms with E-state index in [1.165, 1.54) is 38.5 Å². The van der Waals surface area contributed by atoms with Gasteiger partial charge in [-0.3, -0.25) is 4.90 Å². The highest BCUT2D eigenvalue weighted by Crippen LogP contribution is 2.11. The Bertz CT molecular complexity index is 510. The van der Waals surface area contributed by atoms with Crippen LogP contribution >= 0.6 is 0 Å². The molecule has 4 nitrogen and oxygen atoms in total. The molecule has 2 rings (SSSR count). The lowest BCUT2D eigenvalue weighted by Crippen LogP contribution is -2.29. The summed E-state index contributed by atoms with van der Waals surface area (Å²) < 4.78 is 2.03. The van der Waals surface area contributed by atoms with Crippen LogP contribution in [0.15, 0.2) is 24.3 Å². The van der Waals surface area contributed by atoms with Gasteiger partial charge in [-0.2, -0.15) is 0 Å². The molecule has 0 atom stereocenters. The van der Waals surface area contributed by atoms with Crippen LogP contribution in [0, 0.1) is 0 Å². The number of para-hydroxylation sites is 1. The van der Waals surface area contributed by atoms with Crippen molar-refractivity contribution in [3.8, 4) is 0 Å². The second-order valence-electron chi connectivity index (χ2n) is 5.75. The molecule has 1 heterocycles. The van der Waals surface area contributed by atoms with Crippen LogP contribution in [0.2, 0.25) is 0 Å². The molecule has 0 fully saturated rings. The number of aromatic nitrogens is 3. The zero-order chi connectivity index (χ0) is 14.9. The van der Waals surface area contributed by atoms with Crippen molar-refractivity contribution in [3.63, 3.8) is 0 Å². The van der Waals surface area contributed by atoms with Gasteiger partial charge in [0.15, 0.2) is 0 Å². The topological polar surface area (TPSA) is 34.0 Å². The molecule has 0 radical (unpaired) electrons. The predicted molar refractivity (Wildman–Crippen MR) is 88.2 cm³/mol. The van der Waals surface area contributed by atoms with Crippen LogP contribution in [-0.4, -0.2) is 33.0 Å². The number of hydrogen-bond donors (Lipinski definition) is 0. The van der Waals surface area contributed by atoms with Crippen LogP contribution in [0.4, 0.5) is 0 Å². The third-order valence-electron chi connectivity index (χ3n) is 3.91. The van der Waals surface area contributed by atoms with E-state index >= 15 is 0 Å². The lowest BCUT2D eigenvalue weighted by molar-refractivity contribution is 0.200. The minimum Gasteiger partial charge on any atom is -0.284 e. The Morgan fingerprint density at radius 1 is 0.952 bits per heavy atom. The third-order valence-corrected chi connectivity index (χ3v) is 3.91. The standard InChI is InChI=1S/C17H28N4/c1-3-5-9-13-20(14-10-6-4-2)15-21-17-12-8-7-11-16(17)18-19-21/h7-8,11-12H,3-6,9-10,13-15H2,1-2H3. The highest BCUT2D eigenvalue weighted by Gasteiger charge is 2.09. The van der Waals surface area contributed by atoms with Crippen molar-refractivity contribution in [1.82, 2.24) is 19.9 Å². The van der Waals surface area contributed by atoms with Crippen molar-refractivity contribution in [2.45, 2.75) is 59.0 Å². The first-order valence-corrected chi connectivity index (χ1v) is 8.35. The van der Waals surface area contributed by atoms with E-state index in [0.29, 0.717) is 0 Å². The summed E-state index contributed by atoms with van der Waals surface area (Å²) in [5.41, 5.74) is 2.12. The first kappa shape index (κ1) is 16.0. The van der Waals surface area contributed by atoms with Crippen molar-refractivity contribution in [2.24, 2.45) is 0 Å². The summed E-state index contributed by atoms with van der Waals surface area (Å²) in [7, 11) is 0. The molecule has 0 saturated carbocycles. The second-order valence-corrected chi connectivity index (χ2v) is 5.75. The molecule has 0 N–H and O–H groups in total. The quantitative estimate of drug-likeness (QED) is 0.618. The Balaban J connectivity index is 1.98. The molecule has 0 amide bonds. The van der Waals surface area contributed by atoms with Gasteiger partial charge >= 0.3 is 0 Å². The van der Waals surface area contributed by atoms with E-state index in [0.717, 1.165) is 30.8 Å². The van der Waals surface area contributed by atoms with Crippen molar-refractivity contribution >= 4 is 11.0 Å². The molecule has 116 valence electrons. The third kappa shape index (κ3) is 4.81. The highest BCUT2D eigenvalue weighted by molar-refractivity contribution is 5.73. The molecule has 21 heavy (non-hydrogen) atoms. The Morgan fingerprint density at radius 2 is 1.62 bits per heavy atom. The molecule has 1 aromatic carbocycles. The minimum absolute atomic E-state index is 0.855. The van der Waals surface area contributed by atoms with E-state index < -0.39 is 0 Å². The van der Waals surface area contributed by atoms with Gasteiger partial charge in [0.1, 0.15) is 5.52 Å². The summed E-state index contributed by atoms with van der Waals surface area (Å²) in [5, 5.41) is 8.57. The summed E-state index contributed by atoms with van der Waals surface area (Å²) in [6.07, 6.45) is 7.71. The number of benzene rings is 1. The fraction of sp³-hybridized carbons (Fsp3) is 0.647. The molecular weight excluding hydrogens is 260 g/mol. The molecule has 0 saturated heterocycles. The molecule has 4 heteroatoms. The molecule has 2 aromatic rings. The minimum atomic E-state index is 0.855. The predicted octanol–water partition coefficient (Wildman–Crippen LogP) is 4.07. The molecule has 0 aliphatic carbocycles. The Labute approximate surface area is 128 Å². The molecule has 1 aromatic heterocycles. The van der Waals surface area contributed by atoms with Gasteiger partial charge in [-0.15, -0.1) is 5.10 Å². The van der Waals surface area contributed by atoms with Gasteiger partial charge in [0, 0.05) is 0 Å². The van der Waals surface area contributed by atoms with Crippen molar-refractivity contribution < 1.29 is 0 Å². The number of unbranched alkanes of at least 4 members (excludes halogenated alkanes) is 4. The van der Waals surface area contributed by atoms with E-state index in [1.54, 1.807) is 0 Å². The summed E-state index contributed by atoms with van der Waals surface area (Å²) in [4.78, 5) is 2.52. The van der Waals surface area contributed by atoms with Crippen LogP contribution < -0.4 is 0 Å². The van der Waals surface area contributed by atoms with E-state index in [4.69, 9.17) is 0 Å². The first-order valence-electron chi connectivity index (χ1n) is 8.35. The van der Waals surface area contributed by atoms with Gasteiger partial charge < -0.3 is 0 Å². The van der Waals surface area contributed by atoms with Gasteiger partial charge in [0.25, 0.3) is 0 Å². The van der Waals surface area contributed by atoms with E-state index in [9.17, 15) is 0 Å². The number of rotatable bonds is 10. The van der Waals surface area contributed by atoms with E-state index in [-0.39, 0.29) is 0 Å². The molecule has 0 spiro atoms. The maximum atomic E-state index is 4.32. The monoisotopic (exact) mass is 288 g/mol. The Kier molecular flexibility index (Phi) is 6.67. The van der Waals surface area contributed by atoms with Gasteiger partial charge in [-0.25, -0.2) is 4.68 Å². The van der Waals surface area contributed by atoms with Crippen LogP contribution in [0.3, 0.4) is 0 Å². The van der Waals surface area contributed by atoms with Crippen LogP contribution in [0.25, 0.3) is 11.0 Å². The Morgan fingerprint density at radius 3 is 2.29 bits per heavy atom. The average Bonchev–Trinajstić information content (AvgIpc) is 2.91. The molecule has 0 bridgehead atoms. The maximum Gasteiger partial charge on any atom is 0.113 e. The van der Waals surface area contributed by atoms with Gasteiger partial charge in [0.2, 0.25) is 0 Å². The first-order chi connectivity index (χ1) is 10.3. The largest absolute Gasteiger partial charge is 0.284 e. The second kappa shape index (κ2) is 8.78. The van der Waals surface area contributed by atoms with E-state index in [1.807, 2.05) is 16.8 Å². The summed E-state index contributed by atoms with van der Waals surface area (Å²) >= 11 is 0. The average molecular weight is 288 g/mol. The van der Waals surface area contributed by atoms with Crippen LogP contribution in [0.5, 0.6) is 0 Å². The van der Waals surface area contributed by atoms with Gasteiger partial charge in [-0.1, -0.05) is 56.9 Å². The number of hydrogen-bond acceptors (Lipinski definition) is 3. The summed E-state index contributed by atoms with van der Waals surface area (Å²) in [6.45, 7) is 7.68. The van der Waals surface area contributed by atoms with E-state index in [2.05, 4.69) is 41.2 Å². The SMILES string of the molecule is CCCCCN(CCCCC)Cn1nnc2ccccc21.